The largest absolute Gasteiger partial charge is 0.494 e. The summed E-state index contributed by atoms with van der Waals surface area (Å²) < 4.78 is 23.2. The Morgan fingerprint density at radius 1 is 0.956 bits per heavy atom. The van der Waals surface area contributed by atoms with Gasteiger partial charge in [0.15, 0.2) is 23.1 Å². The van der Waals surface area contributed by atoms with Crippen LogP contribution in [0.4, 0.5) is 0 Å². The van der Waals surface area contributed by atoms with Crippen LogP contribution in [0.3, 0.4) is 0 Å². The van der Waals surface area contributed by atoms with Gasteiger partial charge in [0.2, 0.25) is 12.7 Å². The van der Waals surface area contributed by atoms with E-state index in [0.29, 0.717) is 42.7 Å². The summed E-state index contributed by atoms with van der Waals surface area (Å²) in [5.41, 5.74) is 8.18. The highest BCUT2D eigenvalue weighted by Gasteiger charge is 2.52. The molecule has 4 aromatic rings. The van der Waals surface area contributed by atoms with Crippen molar-refractivity contribution in [2.45, 2.75) is 31.0 Å². The molecule has 0 fully saturated rings. The minimum Gasteiger partial charge on any atom is -0.494 e. The minimum absolute atomic E-state index is 0.0675. The van der Waals surface area contributed by atoms with E-state index < -0.39 is 11.6 Å². The molecule has 9 heteroatoms. The molecule has 3 N–H and O–H groups in total. The number of hydrazine groups is 1. The number of benzene rings is 4. The van der Waals surface area contributed by atoms with E-state index in [1.165, 1.54) is 0 Å². The van der Waals surface area contributed by atoms with Crippen LogP contribution in [0.15, 0.2) is 114 Å². The average molecular weight is 606 g/mol. The summed E-state index contributed by atoms with van der Waals surface area (Å²) >= 11 is 0. The monoisotopic (exact) mass is 605 g/mol. The predicted molar refractivity (Wildman–Crippen MR) is 171 cm³/mol. The standard InChI is InChI=1S/C36H35N3O6/c40-21-8-22-42-30-17-15-29(16-18-30)34-38-36(20-7-11-26-9-3-1-4-10-26,33(45-34)28-12-5-2-6-13-28)35(41)39-37-24-27-14-19-31-32(23-27)44-25-43-31/h1-7,9-19,23,33,37,40H,8,20-22,24-25H2,(H,39,41)/b11-7+/t33-,36-/m0/s1. The molecule has 6 rings (SSSR count). The van der Waals surface area contributed by atoms with E-state index >= 15 is 0 Å². The number of fused-ring (bicyclic) bond motifs is 1. The second-order valence-corrected chi connectivity index (χ2v) is 10.7. The normalized spacial score (nSPS) is 18.4. The molecule has 2 aliphatic heterocycles. The summed E-state index contributed by atoms with van der Waals surface area (Å²) in [6.45, 7) is 1.05. The molecular weight excluding hydrogens is 570 g/mol. The first-order valence-electron chi connectivity index (χ1n) is 14.9. The quantitative estimate of drug-likeness (QED) is 0.139. The molecule has 230 valence electrons. The van der Waals surface area contributed by atoms with Gasteiger partial charge in [-0.15, -0.1) is 0 Å². The van der Waals surface area contributed by atoms with Gasteiger partial charge in [-0.05, 0) is 53.1 Å². The Hall–Kier alpha value is -5.12. The van der Waals surface area contributed by atoms with Crippen molar-refractivity contribution in [1.29, 1.82) is 0 Å². The lowest BCUT2D eigenvalue weighted by atomic mass is 9.84. The highest BCUT2D eigenvalue weighted by atomic mass is 16.7. The van der Waals surface area contributed by atoms with Gasteiger partial charge in [0.1, 0.15) is 5.75 Å². The number of amides is 1. The van der Waals surface area contributed by atoms with Gasteiger partial charge >= 0.3 is 0 Å². The van der Waals surface area contributed by atoms with Gasteiger partial charge in [-0.1, -0.05) is 78.9 Å². The zero-order chi connectivity index (χ0) is 30.9. The van der Waals surface area contributed by atoms with E-state index in [4.69, 9.17) is 29.0 Å². The molecule has 45 heavy (non-hydrogen) atoms. The highest BCUT2D eigenvalue weighted by molar-refractivity contribution is 6.01. The molecule has 0 saturated carbocycles. The van der Waals surface area contributed by atoms with Crippen molar-refractivity contribution in [2.75, 3.05) is 20.0 Å². The predicted octanol–water partition coefficient (Wildman–Crippen LogP) is 5.36. The molecule has 2 aliphatic rings. The lowest BCUT2D eigenvalue weighted by Gasteiger charge is -2.29. The molecule has 9 nitrogen and oxygen atoms in total. The average Bonchev–Trinajstić information content (AvgIpc) is 3.72. The van der Waals surface area contributed by atoms with E-state index in [2.05, 4.69) is 10.9 Å². The van der Waals surface area contributed by atoms with Crippen LogP contribution < -0.4 is 25.1 Å². The van der Waals surface area contributed by atoms with E-state index in [0.717, 1.165) is 22.3 Å². The van der Waals surface area contributed by atoms with Gasteiger partial charge < -0.3 is 24.1 Å². The fourth-order valence-corrected chi connectivity index (χ4v) is 5.27. The number of hydrogen-bond acceptors (Lipinski definition) is 8. The van der Waals surface area contributed by atoms with Gasteiger partial charge in [-0.25, -0.2) is 10.4 Å². The number of nitrogens with one attached hydrogen (secondary N) is 2. The molecule has 0 saturated heterocycles. The van der Waals surface area contributed by atoms with Crippen LogP contribution >= 0.6 is 0 Å². The SMILES string of the molecule is O=C(NNCc1ccc2c(c1)OCO2)[C@@]1(C/C=C/c2ccccc2)N=C(c2ccc(OCCCO)cc2)O[C@H]1c1ccccc1. The molecule has 0 bridgehead atoms. The number of aliphatic hydroxyl groups excluding tert-OH is 1. The number of nitrogens with zero attached hydrogens (tertiary/aromatic N) is 1. The van der Waals surface area contributed by atoms with Gasteiger partial charge in [0, 0.05) is 31.6 Å². The van der Waals surface area contributed by atoms with Crippen LogP contribution in [-0.2, 0) is 16.1 Å². The molecule has 2 atom stereocenters. The van der Waals surface area contributed by atoms with Crippen molar-refractivity contribution in [3.8, 4) is 17.2 Å². The van der Waals surface area contributed by atoms with Gasteiger partial charge in [0.05, 0.1) is 6.61 Å². The van der Waals surface area contributed by atoms with Crippen molar-refractivity contribution in [3.63, 3.8) is 0 Å². The second-order valence-electron chi connectivity index (χ2n) is 10.7. The highest BCUT2D eigenvalue weighted by Crippen LogP contribution is 2.43. The summed E-state index contributed by atoms with van der Waals surface area (Å²) in [5.74, 6) is 2.09. The molecule has 0 unspecified atom stereocenters. The molecule has 0 spiro atoms. The maximum absolute atomic E-state index is 14.3. The fraction of sp³-hybridized carbons (Fsp3) is 0.222. The zero-order valence-electron chi connectivity index (χ0n) is 24.7. The van der Waals surface area contributed by atoms with E-state index in [-0.39, 0.29) is 25.7 Å². The van der Waals surface area contributed by atoms with Gasteiger partial charge in [0.25, 0.3) is 5.91 Å². The van der Waals surface area contributed by atoms with Crippen LogP contribution in [0.2, 0.25) is 0 Å². The maximum Gasteiger partial charge on any atom is 0.266 e. The van der Waals surface area contributed by atoms with Crippen LogP contribution in [0, 0.1) is 0 Å². The number of ether oxygens (including phenoxy) is 4. The van der Waals surface area contributed by atoms with E-state index in [1.54, 1.807) is 0 Å². The molecule has 0 radical (unpaired) electrons. The van der Waals surface area contributed by atoms with Crippen LogP contribution in [-0.4, -0.2) is 42.5 Å². The summed E-state index contributed by atoms with van der Waals surface area (Å²) in [6, 6.07) is 32.7. The minimum atomic E-state index is -1.32. The molecule has 4 aromatic carbocycles. The van der Waals surface area contributed by atoms with Crippen molar-refractivity contribution in [2.24, 2.45) is 4.99 Å². The van der Waals surface area contributed by atoms with Crippen LogP contribution in [0.5, 0.6) is 17.2 Å². The Morgan fingerprint density at radius 3 is 2.49 bits per heavy atom. The van der Waals surface area contributed by atoms with Crippen molar-refractivity contribution < 1.29 is 28.8 Å². The number of carbonyl (C=O) groups excluding carboxylic acids is 1. The van der Waals surface area contributed by atoms with Crippen LogP contribution in [0.1, 0.15) is 41.2 Å². The van der Waals surface area contributed by atoms with Crippen molar-refractivity contribution in [1.82, 2.24) is 10.9 Å². The Labute approximate surface area is 262 Å². The zero-order valence-corrected chi connectivity index (χ0v) is 24.7. The number of carbonyl (C=O) groups is 1. The third kappa shape index (κ3) is 7.01. The number of aliphatic hydroxyl groups is 1. The first-order chi connectivity index (χ1) is 22.1. The van der Waals surface area contributed by atoms with E-state index in [1.807, 2.05) is 115 Å². The van der Waals surface area contributed by atoms with Crippen molar-refractivity contribution >= 4 is 17.9 Å². The second kappa shape index (κ2) is 14.1. The van der Waals surface area contributed by atoms with Crippen molar-refractivity contribution in [3.05, 3.63) is 131 Å². The molecule has 1 amide bonds. The molecule has 0 aromatic heterocycles. The van der Waals surface area contributed by atoms with Crippen LogP contribution in [0.25, 0.3) is 6.08 Å². The Bertz CT molecular complexity index is 1640. The molecule has 2 heterocycles. The Kier molecular flexibility index (Phi) is 9.38. The first kappa shape index (κ1) is 29.9. The van der Waals surface area contributed by atoms with E-state index in [9.17, 15) is 4.79 Å². The topological polar surface area (TPSA) is 111 Å². The lowest BCUT2D eigenvalue weighted by Crippen LogP contribution is -2.52. The third-order valence-electron chi connectivity index (χ3n) is 7.60. The Balaban J connectivity index is 1.29. The third-order valence-corrected chi connectivity index (χ3v) is 7.60. The van der Waals surface area contributed by atoms with Gasteiger partial charge in [-0.3, -0.25) is 10.2 Å². The molecular formula is C36H35N3O6. The first-order valence-corrected chi connectivity index (χ1v) is 14.9. The van der Waals surface area contributed by atoms with Gasteiger partial charge in [-0.2, -0.15) is 0 Å². The summed E-state index contributed by atoms with van der Waals surface area (Å²) in [7, 11) is 0. The number of rotatable bonds is 13. The number of hydrogen-bond donors (Lipinski definition) is 3. The smallest absolute Gasteiger partial charge is 0.266 e. The Morgan fingerprint density at radius 2 is 1.71 bits per heavy atom. The number of aliphatic imine (C=N–C) groups is 1. The fourth-order valence-electron chi connectivity index (χ4n) is 5.27. The molecule has 0 aliphatic carbocycles. The lowest BCUT2D eigenvalue weighted by molar-refractivity contribution is -0.129. The summed E-state index contributed by atoms with van der Waals surface area (Å²) in [5, 5.41) is 9.05. The maximum atomic E-state index is 14.3. The summed E-state index contributed by atoms with van der Waals surface area (Å²) in [6.07, 6.45) is 4.10. The summed E-state index contributed by atoms with van der Waals surface area (Å²) in [4.78, 5) is 19.3.